The molecule has 0 saturated carbocycles. The van der Waals surface area contributed by atoms with Crippen LogP contribution in [-0.2, 0) is 11.3 Å². The Morgan fingerprint density at radius 2 is 2.28 bits per heavy atom. The molecule has 100 valence electrons. The van der Waals surface area contributed by atoms with Gasteiger partial charge in [-0.05, 0) is 38.0 Å². The highest BCUT2D eigenvalue weighted by molar-refractivity contribution is 5.40. The molecule has 0 radical (unpaired) electrons. The molecule has 0 aromatic heterocycles. The predicted molar refractivity (Wildman–Crippen MR) is 67.8 cm³/mol. The second kappa shape index (κ2) is 6.61. The van der Waals surface area contributed by atoms with Crippen LogP contribution in [0.2, 0.25) is 0 Å². The number of aliphatic hydroxyl groups excluding tert-OH is 1. The van der Waals surface area contributed by atoms with Crippen LogP contribution in [0.4, 0.5) is 0 Å². The topological polar surface area (TPSA) is 47.9 Å². The monoisotopic (exact) mass is 252 g/mol. The maximum absolute atomic E-state index is 9.31. The van der Waals surface area contributed by atoms with Crippen molar-refractivity contribution in [3.8, 4) is 11.5 Å². The molecule has 1 N–H and O–H groups in total. The zero-order chi connectivity index (χ0) is 12.8. The van der Waals surface area contributed by atoms with Crippen LogP contribution in [0.15, 0.2) is 18.2 Å². The third kappa shape index (κ3) is 3.37. The highest BCUT2D eigenvalue weighted by atomic mass is 16.7. The van der Waals surface area contributed by atoms with Crippen molar-refractivity contribution >= 4 is 0 Å². The Morgan fingerprint density at radius 1 is 1.39 bits per heavy atom. The van der Waals surface area contributed by atoms with E-state index in [0.29, 0.717) is 12.4 Å². The van der Waals surface area contributed by atoms with Gasteiger partial charge in [0.25, 0.3) is 0 Å². The Labute approximate surface area is 107 Å². The molecule has 1 aliphatic rings. The van der Waals surface area contributed by atoms with Crippen molar-refractivity contribution in [3.63, 3.8) is 0 Å². The second-order valence-corrected chi connectivity index (χ2v) is 4.27. The van der Waals surface area contributed by atoms with Crippen LogP contribution in [0.25, 0.3) is 0 Å². The van der Waals surface area contributed by atoms with Crippen LogP contribution in [-0.4, -0.2) is 24.6 Å². The molecule has 1 saturated heterocycles. The number of hydrogen-bond donors (Lipinski definition) is 1. The molecule has 0 spiro atoms. The van der Waals surface area contributed by atoms with E-state index in [1.54, 1.807) is 0 Å². The maximum Gasteiger partial charge on any atom is 0.199 e. The first-order chi connectivity index (χ1) is 8.83. The van der Waals surface area contributed by atoms with E-state index in [1.165, 1.54) is 0 Å². The molecule has 4 nitrogen and oxygen atoms in total. The number of ether oxygens (including phenoxy) is 3. The molecule has 0 bridgehead atoms. The van der Waals surface area contributed by atoms with Crippen LogP contribution in [0.5, 0.6) is 11.5 Å². The lowest BCUT2D eigenvalue weighted by Gasteiger charge is -2.23. The Bertz CT molecular complexity index is 372. The summed E-state index contributed by atoms with van der Waals surface area (Å²) in [5.74, 6) is 1.42. The molecule has 1 heterocycles. The summed E-state index contributed by atoms with van der Waals surface area (Å²) in [5.41, 5.74) is 0.741. The van der Waals surface area contributed by atoms with Gasteiger partial charge in [0.05, 0.1) is 19.8 Å². The van der Waals surface area contributed by atoms with E-state index in [9.17, 15) is 5.11 Å². The van der Waals surface area contributed by atoms with Crippen molar-refractivity contribution in [2.24, 2.45) is 0 Å². The van der Waals surface area contributed by atoms with Crippen LogP contribution < -0.4 is 9.47 Å². The SMILES string of the molecule is CCOc1ccc(O[C@H]2CCCCO2)cc1CO. The van der Waals surface area contributed by atoms with Gasteiger partial charge in [-0.2, -0.15) is 0 Å². The molecular weight excluding hydrogens is 232 g/mol. The summed E-state index contributed by atoms with van der Waals surface area (Å²) in [6, 6.07) is 5.48. The fraction of sp³-hybridized carbons (Fsp3) is 0.571. The van der Waals surface area contributed by atoms with Gasteiger partial charge in [0.1, 0.15) is 11.5 Å². The van der Waals surface area contributed by atoms with Gasteiger partial charge in [0.15, 0.2) is 6.29 Å². The quantitative estimate of drug-likeness (QED) is 0.874. The van der Waals surface area contributed by atoms with Crippen molar-refractivity contribution in [1.82, 2.24) is 0 Å². The molecule has 1 atom stereocenters. The lowest BCUT2D eigenvalue weighted by Crippen LogP contribution is -2.25. The molecule has 0 aliphatic carbocycles. The predicted octanol–water partition coefficient (Wildman–Crippen LogP) is 2.48. The van der Waals surface area contributed by atoms with Gasteiger partial charge in [-0.3, -0.25) is 0 Å². The molecule has 2 rings (SSSR count). The van der Waals surface area contributed by atoms with E-state index < -0.39 is 0 Å². The average Bonchev–Trinajstić information content (AvgIpc) is 2.42. The minimum atomic E-state index is -0.164. The molecule has 18 heavy (non-hydrogen) atoms. The summed E-state index contributed by atoms with van der Waals surface area (Å²) in [5, 5.41) is 9.31. The smallest absolute Gasteiger partial charge is 0.199 e. The van der Waals surface area contributed by atoms with E-state index in [4.69, 9.17) is 14.2 Å². The molecule has 1 aromatic carbocycles. The fourth-order valence-electron chi connectivity index (χ4n) is 2.00. The summed E-state index contributed by atoms with van der Waals surface area (Å²) in [6.45, 7) is 3.20. The van der Waals surface area contributed by atoms with Crippen molar-refractivity contribution < 1.29 is 19.3 Å². The summed E-state index contributed by atoms with van der Waals surface area (Å²) in [7, 11) is 0. The molecule has 1 aromatic rings. The summed E-state index contributed by atoms with van der Waals surface area (Å²) in [6.07, 6.45) is 2.99. The van der Waals surface area contributed by atoms with Crippen LogP contribution >= 0.6 is 0 Å². The zero-order valence-electron chi connectivity index (χ0n) is 10.7. The number of aliphatic hydroxyl groups is 1. The minimum absolute atomic E-state index is 0.0575. The summed E-state index contributed by atoms with van der Waals surface area (Å²) < 4.78 is 16.7. The van der Waals surface area contributed by atoms with E-state index >= 15 is 0 Å². The van der Waals surface area contributed by atoms with Gasteiger partial charge in [-0.25, -0.2) is 0 Å². The average molecular weight is 252 g/mol. The highest BCUT2D eigenvalue weighted by Crippen LogP contribution is 2.26. The standard InChI is InChI=1S/C14H20O4/c1-2-16-13-7-6-12(9-11(13)10-15)18-14-5-3-4-8-17-14/h6-7,9,14-15H,2-5,8,10H2,1H3/t14-/m0/s1. The van der Waals surface area contributed by atoms with Crippen molar-refractivity contribution in [2.75, 3.05) is 13.2 Å². The first kappa shape index (κ1) is 13.2. The van der Waals surface area contributed by atoms with Gasteiger partial charge in [-0.15, -0.1) is 0 Å². The first-order valence-electron chi connectivity index (χ1n) is 6.48. The minimum Gasteiger partial charge on any atom is -0.494 e. The van der Waals surface area contributed by atoms with E-state index in [1.807, 2.05) is 25.1 Å². The lowest BCUT2D eigenvalue weighted by molar-refractivity contribution is -0.105. The van der Waals surface area contributed by atoms with E-state index in [0.717, 1.165) is 37.2 Å². The van der Waals surface area contributed by atoms with Crippen LogP contribution in [0, 0.1) is 0 Å². The largest absolute Gasteiger partial charge is 0.494 e. The molecular formula is C14H20O4. The van der Waals surface area contributed by atoms with Crippen LogP contribution in [0.3, 0.4) is 0 Å². The zero-order valence-corrected chi connectivity index (χ0v) is 10.7. The molecule has 0 amide bonds. The molecule has 1 aliphatic heterocycles. The number of benzene rings is 1. The molecule has 4 heteroatoms. The van der Waals surface area contributed by atoms with Gasteiger partial charge < -0.3 is 19.3 Å². The maximum atomic E-state index is 9.31. The van der Waals surface area contributed by atoms with Crippen LogP contribution in [0.1, 0.15) is 31.7 Å². The molecule has 1 fully saturated rings. The van der Waals surface area contributed by atoms with Gasteiger partial charge in [-0.1, -0.05) is 0 Å². The Kier molecular flexibility index (Phi) is 4.84. The highest BCUT2D eigenvalue weighted by Gasteiger charge is 2.15. The lowest BCUT2D eigenvalue weighted by atomic mass is 10.2. The Hall–Kier alpha value is -1.26. The van der Waals surface area contributed by atoms with Gasteiger partial charge >= 0.3 is 0 Å². The van der Waals surface area contributed by atoms with Gasteiger partial charge in [0, 0.05) is 12.0 Å². The third-order valence-electron chi connectivity index (χ3n) is 2.91. The number of hydrogen-bond acceptors (Lipinski definition) is 4. The van der Waals surface area contributed by atoms with Crippen molar-refractivity contribution in [3.05, 3.63) is 23.8 Å². The third-order valence-corrected chi connectivity index (χ3v) is 2.91. The first-order valence-corrected chi connectivity index (χ1v) is 6.48. The Balaban J connectivity index is 2.04. The number of rotatable bonds is 5. The van der Waals surface area contributed by atoms with Gasteiger partial charge in [0.2, 0.25) is 0 Å². The molecule has 0 unspecified atom stereocenters. The normalized spacial score (nSPS) is 19.6. The van der Waals surface area contributed by atoms with E-state index in [-0.39, 0.29) is 12.9 Å². The van der Waals surface area contributed by atoms with Crippen molar-refractivity contribution in [2.45, 2.75) is 39.1 Å². The van der Waals surface area contributed by atoms with E-state index in [2.05, 4.69) is 0 Å². The summed E-state index contributed by atoms with van der Waals surface area (Å²) >= 11 is 0. The Morgan fingerprint density at radius 3 is 2.94 bits per heavy atom. The fourth-order valence-corrected chi connectivity index (χ4v) is 2.00. The second-order valence-electron chi connectivity index (χ2n) is 4.27. The summed E-state index contributed by atoms with van der Waals surface area (Å²) in [4.78, 5) is 0. The van der Waals surface area contributed by atoms with Crippen molar-refractivity contribution in [1.29, 1.82) is 0 Å².